The van der Waals surface area contributed by atoms with Gasteiger partial charge < -0.3 is 29.6 Å². The fourth-order valence-corrected chi connectivity index (χ4v) is 4.31. The van der Waals surface area contributed by atoms with Crippen molar-refractivity contribution >= 4 is 28.6 Å². The lowest BCUT2D eigenvalue weighted by Gasteiger charge is -2.32. The Morgan fingerprint density at radius 1 is 1.35 bits per heavy atom. The number of fused-ring (bicyclic) bond motifs is 3. The van der Waals surface area contributed by atoms with Gasteiger partial charge >= 0.3 is 0 Å². The molecule has 4 heterocycles. The summed E-state index contributed by atoms with van der Waals surface area (Å²) in [6.45, 7) is 4.50. The highest BCUT2D eigenvalue weighted by atomic mass is 35.5. The van der Waals surface area contributed by atoms with Crippen LogP contribution in [0.4, 0.5) is 10.3 Å². The quantitative estimate of drug-likeness (QED) is 0.493. The van der Waals surface area contributed by atoms with E-state index in [-0.39, 0.29) is 33.8 Å². The molecule has 0 amide bonds. The fourth-order valence-electron chi connectivity index (χ4n) is 4.11. The normalized spacial score (nSPS) is 29.6. The molecule has 34 heavy (non-hydrogen) atoms. The lowest BCUT2D eigenvalue weighted by molar-refractivity contribution is -0.123. The first-order valence-corrected chi connectivity index (χ1v) is 11.2. The van der Waals surface area contributed by atoms with Crippen molar-refractivity contribution in [1.82, 2.24) is 19.5 Å². The maximum Gasteiger partial charge on any atom is 0.223 e. The highest BCUT2D eigenvalue weighted by molar-refractivity contribution is 6.33. The zero-order valence-electron chi connectivity index (χ0n) is 22.9. The van der Waals surface area contributed by atoms with Crippen molar-refractivity contribution in [1.29, 1.82) is 0 Å². The minimum Gasteiger partial charge on any atom is -0.388 e. The van der Waals surface area contributed by atoms with E-state index in [0.29, 0.717) is 11.3 Å². The summed E-state index contributed by atoms with van der Waals surface area (Å²) in [6.07, 6.45) is -5.74. The Labute approximate surface area is 206 Å². The smallest absolute Gasteiger partial charge is 0.223 e. The summed E-state index contributed by atoms with van der Waals surface area (Å²) in [5.41, 5.74) is -0.426. The number of benzene rings is 1. The van der Waals surface area contributed by atoms with E-state index in [1.54, 1.807) is 24.5 Å². The van der Waals surface area contributed by atoms with E-state index in [1.165, 1.54) is 12.3 Å². The van der Waals surface area contributed by atoms with Gasteiger partial charge in [0.25, 0.3) is 0 Å². The Bertz CT molecular complexity index is 1420. The van der Waals surface area contributed by atoms with Gasteiger partial charge in [0, 0.05) is 20.7 Å². The van der Waals surface area contributed by atoms with Gasteiger partial charge in [0.15, 0.2) is 12.1 Å². The fraction of sp³-hybridized carbons (Fsp3) is 0.522. The van der Waals surface area contributed by atoms with Crippen LogP contribution in [-0.4, -0.2) is 60.8 Å². The van der Waals surface area contributed by atoms with Crippen LogP contribution in [0.1, 0.15) is 51.4 Å². The topological polar surface area (TPSA) is 115 Å². The monoisotopic (exact) mass is 495 g/mol. The molecule has 3 aromatic rings. The molecule has 182 valence electrons. The molecule has 0 spiro atoms. The Balaban J connectivity index is 1.57. The van der Waals surface area contributed by atoms with Crippen molar-refractivity contribution in [2.24, 2.45) is 0 Å². The molecule has 0 aliphatic carbocycles. The summed E-state index contributed by atoms with van der Waals surface area (Å²) in [4.78, 5) is 12.8. The molecule has 0 radical (unpaired) electrons. The van der Waals surface area contributed by atoms with Gasteiger partial charge in [-0.05, 0) is 39.8 Å². The van der Waals surface area contributed by atoms with Crippen LogP contribution < -0.4 is 5.32 Å². The van der Waals surface area contributed by atoms with Crippen LogP contribution >= 0.6 is 11.6 Å². The Morgan fingerprint density at radius 3 is 2.82 bits per heavy atom. The van der Waals surface area contributed by atoms with E-state index in [2.05, 4.69) is 20.3 Å². The summed E-state index contributed by atoms with van der Waals surface area (Å²) < 4.78 is 59.9. The van der Waals surface area contributed by atoms with Crippen molar-refractivity contribution in [3.05, 3.63) is 35.0 Å². The maximum atomic E-state index is 15.3. The number of rotatable bonds is 5. The van der Waals surface area contributed by atoms with Crippen LogP contribution in [0.15, 0.2) is 18.3 Å². The third-order valence-electron chi connectivity index (χ3n) is 5.64. The molecule has 2 aliphatic heterocycles. The van der Waals surface area contributed by atoms with Gasteiger partial charge in [-0.25, -0.2) is 19.3 Å². The number of aliphatic hydroxyl groups is 2. The molecule has 3 N–H and O–H groups in total. The van der Waals surface area contributed by atoms with E-state index < -0.39 is 48.9 Å². The van der Waals surface area contributed by atoms with Crippen LogP contribution in [0.5, 0.6) is 0 Å². The van der Waals surface area contributed by atoms with Gasteiger partial charge in [0.2, 0.25) is 5.95 Å². The molecular formula is C23H27ClFN5O4. The van der Waals surface area contributed by atoms with E-state index >= 15 is 4.39 Å². The highest BCUT2D eigenvalue weighted by Gasteiger charge is 2.43. The molecule has 1 aromatic carbocycles. The average molecular weight is 496 g/mol. The molecule has 11 heteroatoms. The molecule has 0 unspecified atom stereocenters. The van der Waals surface area contributed by atoms with Crippen LogP contribution in [-0.2, 0) is 15.1 Å². The van der Waals surface area contributed by atoms with E-state index in [0.717, 1.165) is 0 Å². The molecule has 0 saturated carbocycles. The number of anilines is 1. The minimum atomic E-state index is -2.39. The Kier molecular flexibility index (Phi) is 4.66. The number of nitrogens with one attached hydrogen (secondary N) is 1. The van der Waals surface area contributed by atoms with Gasteiger partial charge in [0.1, 0.15) is 29.2 Å². The molecule has 2 aliphatic rings. The molecule has 5 rings (SSSR count). The third kappa shape index (κ3) is 4.03. The zero-order valence-corrected chi connectivity index (χ0v) is 19.6. The van der Waals surface area contributed by atoms with Gasteiger partial charge in [-0.3, -0.25) is 0 Å². The molecule has 9 nitrogen and oxygen atoms in total. The van der Waals surface area contributed by atoms with Gasteiger partial charge in [-0.15, -0.1) is 0 Å². The molecular weight excluding hydrogens is 465 g/mol. The van der Waals surface area contributed by atoms with Crippen LogP contribution in [0.2, 0.25) is 5.02 Å². The predicted molar refractivity (Wildman–Crippen MR) is 124 cm³/mol. The zero-order chi connectivity index (χ0) is 27.9. The van der Waals surface area contributed by atoms with E-state index in [1.807, 2.05) is 13.8 Å². The molecule has 2 bridgehead atoms. The molecule has 2 fully saturated rings. The summed E-state index contributed by atoms with van der Waals surface area (Å²) >= 11 is 6.38. The number of imidazole rings is 1. The third-order valence-corrected chi connectivity index (χ3v) is 5.92. The summed E-state index contributed by atoms with van der Waals surface area (Å²) in [6, 6.07) is 1.29. The van der Waals surface area contributed by atoms with Crippen molar-refractivity contribution in [3.8, 4) is 11.3 Å². The summed E-state index contributed by atoms with van der Waals surface area (Å²) in [5, 5.41) is 24.2. The average Bonchev–Trinajstić information content (AvgIpc) is 3.34. The second-order valence-electron chi connectivity index (χ2n) is 9.08. The number of hydrogen-bond acceptors (Lipinski definition) is 8. The van der Waals surface area contributed by atoms with Crippen molar-refractivity contribution in [2.45, 2.75) is 70.3 Å². The number of aliphatic hydroxyl groups excluding tert-OH is 1. The Hall–Kier alpha value is -2.37. The number of ether oxygens (including phenoxy) is 2. The van der Waals surface area contributed by atoms with Crippen LogP contribution in [0.25, 0.3) is 22.3 Å². The number of hydrogen-bond donors (Lipinski definition) is 3. The number of nitrogens with zero attached hydrogens (tertiary/aromatic N) is 4. The van der Waals surface area contributed by atoms with E-state index in [9.17, 15) is 10.2 Å². The summed E-state index contributed by atoms with van der Waals surface area (Å²) in [7, 11) is 0. The lowest BCUT2D eigenvalue weighted by Crippen LogP contribution is -2.48. The highest BCUT2D eigenvalue weighted by Crippen LogP contribution is 2.35. The second-order valence-corrected chi connectivity index (χ2v) is 9.48. The van der Waals surface area contributed by atoms with Gasteiger partial charge in [-0.2, -0.15) is 0 Å². The van der Waals surface area contributed by atoms with Crippen molar-refractivity contribution in [2.75, 3.05) is 11.9 Å². The van der Waals surface area contributed by atoms with Crippen LogP contribution in [0, 0.1) is 5.82 Å². The van der Waals surface area contributed by atoms with Gasteiger partial charge in [0.05, 0.1) is 37.8 Å². The molecule has 4 atom stereocenters. The van der Waals surface area contributed by atoms with Gasteiger partial charge in [-0.1, -0.05) is 11.6 Å². The first kappa shape index (κ1) is 18.9. The van der Waals surface area contributed by atoms with E-state index in [4.69, 9.17) is 26.6 Å². The molecule has 2 saturated heterocycles. The second kappa shape index (κ2) is 8.39. The van der Waals surface area contributed by atoms with Crippen molar-refractivity contribution in [3.63, 3.8) is 0 Å². The minimum absolute atomic E-state index is 0.0753. The first-order valence-electron chi connectivity index (χ1n) is 12.8. The summed E-state index contributed by atoms with van der Waals surface area (Å²) in [5.74, 6) is -0.491. The van der Waals surface area contributed by atoms with Crippen LogP contribution in [0.3, 0.4) is 0 Å². The molecule has 2 aromatic heterocycles. The predicted octanol–water partition coefficient (Wildman–Crippen LogP) is 3.38. The maximum absolute atomic E-state index is 15.3. The SMILES string of the molecule is [2H]C1([2H])O[C@H]2O[C@@H]1[C@@H](O)[C@H](Nc1ncc(Cl)c(-c3cc(F)c4nc(C(C)(C)O)n(C(C)C)c4c3)n1)C2([2H])[2H]. The largest absolute Gasteiger partial charge is 0.388 e. The van der Waals surface area contributed by atoms with Crippen molar-refractivity contribution < 1.29 is 29.6 Å². The lowest BCUT2D eigenvalue weighted by atomic mass is 10.0. The standard InChI is InChI=1S/C23H27ClFN5O4/c1-10(2)30-15-6-11(5-13(25)19(15)28-21(30)23(3,4)32)18-12(24)8-26-22(29-18)27-14-7-17-33-9-16(34-17)20(14)31/h5-6,8,10,14,16-17,20,31-32H,7,9H2,1-4H3,(H,26,27,29)/t14-,16+,17+,20+/m1/s1/i7D2,9D2. The number of aromatic nitrogens is 4. The first-order chi connectivity index (χ1) is 17.5. The number of halogens is 2. The Morgan fingerprint density at radius 2 is 2.12 bits per heavy atom.